The van der Waals surface area contributed by atoms with Gasteiger partial charge in [0.25, 0.3) is 0 Å². The first-order valence-corrected chi connectivity index (χ1v) is 6.68. The Labute approximate surface area is 94.2 Å². The van der Waals surface area contributed by atoms with E-state index in [-0.39, 0.29) is 0 Å². The maximum atomic E-state index is 6.02. The Morgan fingerprint density at radius 3 is 2.20 bits per heavy atom. The van der Waals surface area contributed by atoms with Crippen molar-refractivity contribution in [1.82, 2.24) is 4.90 Å². The number of rotatable bonds is 4. The van der Waals surface area contributed by atoms with Gasteiger partial charge in [-0.2, -0.15) is 0 Å². The van der Waals surface area contributed by atoms with Gasteiger partial charge >= 0.3 is 0 Å². The Morgan fingerprint density at radius 1 is 1.00 bits per heavy atom. The van der Waals surface area contributed by atoms with Gasteiger partial charge in [0.15, 0.2) is 0 Å². The molecule has 0 aliphatic heterocycles. The van der Waals surface area contributed by atoms with Gasteiger partial charge in [-0.25, -0.2) is 0 Å². The highest BCUT2D eigenvalue weighted by atomic mass is 15.1. The summed E-state index contributed by atoms with van der Waals surface area (Å²) in [6.45, 7) is 2.61. The monoisotopic (exact) mass is 210 g/mol. The molecule has 0 saturated heterocycles. The van der Waals surface area contributed by atoms with E-state index in [2.05, 4.69) is 11.9 Å². The lowest BCUT2D eigenvalue weighted by Crippen LogP contribution is -2.37. The summed E-state index contributed by atoms with van der Waals surface area (Å²) in [7, 11) is 2.29. The normalized spacial score (nSPS) is 33.0. The zero-order valence-electron chi connectivity index (χ0n) is 10.1. The van der Waals surface area contributed by atoms with Crippen molar-refractivity contribution in [1.29, 1.82) is 0 Å². The van der Waals surface area contributed by atoms with Crippen LogP contribution in [0, 0.1) is 11.8 Å². The average Bonchev–Trinajstić information content (AvgIpc) is 2.11. The topological polar surface area (TPSA) is 29.3 Å². The third-order valence-corrected chi connectivity index (χ3v) is 4.19. The SMILES string of the molecule is CN(CC1CCC1)CC1CCCC(N)C1. The van der Waals surface area contributed by atoms with Crippen molar-refractivity contribution in [3.8, 4) is 0 Å². The van der Waals surface area contributed by atoms with Crippen LogP contribution >= 0.6 is 0 Å². The summed E-state index contributed by atoms with van der Waals surface area (Å²) in [5.41, 5.74) is 6.02. The smallest absolute Gasteiger partial charge is 0.00419 e. The largest absolute Gasteiger partial charge is 0.328 e. The van der Waals surface area contributed by atoms with Gasteiger partial charge in [0, 0.05) is 19.1 Å². The molecule has 2 unspecified atom stereocenters. The molecule has 0 spiro atoms. The van der Waals surface area contributed by atoms with Crippen LogP contribution in [-0.2, 0) is 0 Å². The van der Waals surface area contributed by atoms with Crippen LogP contribution in [0.4, 0.5) is 0 Å². The molecule has 2 fully saturated rings. The lowest BCUT2D eigenvalue weighted by atomic mass is 9.83. The summed E-state index contributed by atoms with van der Waals surface area (Å²) in [5.74, 6) is 1.88. The van der Waals surface area contributed by atoms with E-state index in [0.29, 0.717) is 6.04 Å². The zero-order valence-corrected chi connectivity index (χ0v) is 10.1. The first-order chi connectivity index (χ1) is 7.24. The number of hydrogen-bond donors (Lipinski definition) is 1. The maximum Gasteiger partial charge on any atom is 0.00419 e. The van der Waals surface area contributed by atoms with Crippen LogP contribution in [0.2, 0.25) is 0 Å². The molecule has 2 heteroatoms. The highest BCUT2D eigenvalue weighted by Gasteiger charge is 2.23. The van der Waals surface area contributed by atoms with Crippen molar-refractivity contribution in [2.24, 2.45) is 17.6 Å². The van der Waals surface area contributed by atoms with Crippen molar-refractivity contribution in [2.75, 3.05) is 20.1 Å². The highest BCUT2D eigenvalue weighted by Crippen LogP contribution is 2.28. The average molecular weight is 210 g/mol. The van der Waals surface area contributed by atoms with E-state index in [0.717, 1.165) is 11.8 Å². The van der Waals surface area contributed by atoms with Gasteiger partial charge in [0.1, 0.15) is 0 Å². The van der Waals surface area contributed by atoms with E-state index >= 15 is 0 Å². The molecule has 0 bridgehead atoms. The highest BCUT2D eigenvalue weighted by molar-refractivity contribution is 4.78. The van der Waals surface area contributed by atoms with Gasteiger partial charge in [-0.05, 0) is 51.0 Å². The first kappa shape index (κ1) is 11.4. The quantitative estimate of drug-likeness (QED) is 0.771. The molecule has 0 aromatic rings. The van der Waals surface area contributed by atoms with Gasteiger partial charge in [-0.1, -0.05) is 12.8 Å². The summed E-state index contributed by atoms with van der Waals surface area (Å²) in [4.78, 5) is 2.55. The van der Waals surface area contributed by atoms with Crippen molar-refractivity contribution in [2.45, 2.75) is 51.0 Å². The molecule has 2 atom stereocenters. The van der Waals surface area contributed by atoms with E-state index in [1.165, 1.54) is 58.0 Å². The van der Waals surface area contributed by atoms with Gasteiger partial charge in [0.05, 0.1) is 0 Å². The summed E-state index contributed by atoms with van der Waals surface area (Å²) < 4.78 is 0. The van der Waals surface area contributed by atoms with Crippen molar-refractivity contribution in [3.05, 3.63) is 0 Å². The van der Waals surface area contributed by atoms with Crippen LogP contribution in [0.5, 0.6) is 0 Å². The van der Waals surface area contributed by atoms with E-state index in [1.54, 1.807) is 0 Å². The van der Waals surface area contributed by atoms with E-state index in [9.17, 15) is 0 Å². The van der Waals surface area contributed by atoms with Crippen LogP contribution in [0.3, 0.4) is 0 Å². The predicted molar refractivity (Wildman–Crippen MR) is 64.8 cm³/mol. The van der Waals surface area contributed by atoms with Gasteiger partial charge in [-0.3, -0.25) is 0 Å². The molecule has 2 aliphatic carbocycles. The molecule has 0 aromatic heterocycles. The third-order valence-electron chi connectivity index (χ3n) is 4.19. The third kappa shape index (κ3) is 3.46. The predicted octanol–water partition coefficient (Wildman–Crippen LogP) is 2.24. The fraction of sp³-hybridized carbons (Fsp3) is 1.00. The molecule has 88 valence electrons. The fourth-order valence-electron chi connectivity index (χ4n) is 3.13. The molecule has 15 heavy (non-hydrogen) atoms. The molecular weight excluding hydrogens is 184 g/mol. The Hall–Kier alpha value is -0.0800. The van der Waals surface area contributed by atoms with Crippen LogP contribution in [0.25, 0.3) is 0 Å². The van der Waals surface area contributed by atoms with Crippen molar-refractivity contribution >= 4 is 0 Å². The minimum atomic E-state index is 0.487. The maximum absolute atomic E-state index is 6.02. The second-order valence-corrected chi connectivity index (χ2v) is 5.81. The summed E-state index contributed by atoms with van der Waals surface area (Å²) in [6.07, 6.45) is 9.67. The van der Waals surface area contributed by atoms with Crippen LogP contribution in [-0.4, -0.2) is 31.1 Å². The zero-order chi connectivity index (χ0) is 10.7. The lowest BCUT2D eigenvalue weighted by Gasteiger charge is -2.34. The second-order valence-electron chi connectivity index (χ2n) is 5.81. The standard InChI is InChI=1S/C13H26N2/c1-15(9-11-4-2-5-11)10-12-6-3-7-13(14)8-12/h11-13H,2-10,14H2,1H3. The first-order valence-electron chi connectivity index (χ1n) is 6.68. The van der Waals surface area contributed by atoms with Crippen LogP contribution in [0.1, 0.15) is 44.9 Å². The Kier molecular flexibility index (Phi) is 4.04. The molecule has 2 N–H and O–H groups in total. The Bertz CT molecular complexity index is 189. The molecule has 0 radical (unpaired) electrons. The minimum absolute atomic E-state index is 0.487. The molecule has 0 heterocycles. The molecule has 2 aliphatic rings. The molecule has 2 saturated carbocycles. The van der Waals surface area contributed by atoms with Crippen LogP contribution < -0.4 is 5.73 Å². The molecule has 2 rings (SSSR count). The molecular formula is C13H26N2. The van der Waals surface area contributed by atoms with Crippen LogP contribution in [0.15, 0.2) is 0 Å². The number of nitrogens with two attached hydrogens (primary N) is 1. The van der Waals surface area contributed by atoms with Crippen molar-refractivity contribution in [3.63, 3.8) is 0 Å². The molecule has 0 amide bonds. The van der Waals surface area contributed by atoms with E-state index in [4.69, 9.17) is 5.73 Å². The van der Waals surface area contributed by atoms with Gasteiger partial charge in [-0.15, -0.1) is 0 Å². The van der Waals surface area contributed by atoms with Gasteiger partial charge < -0.3 is 10.6 Å². The summed E-state index contributed by atoms with van der Waals surface area (Å²) >= 11 is 0. The van der Waals surface area contributed by atoms with E-state index in [1.807, 2.05) is 0 Å². The van der Waals surface area contributed by atoms with E-state index < -0.39 is 0 Å². The molecule has 2 nitrogen and oxygen atoms in total. The Morgan fingerprint density at radius 2 is 1.60 bits per heavy atom. The van der Waals surface area contributed by atoms with Gasteiger partial charge in [0.2, 0.25) is 0 Å². The fourth-order valence-corrected chi connectivity index (χ4v) is 3.13. The summed E-state index contributed by atoms with van der Waals surface area (Å²) in [6, 6.07) is 0.487. The van der Waals surface area contributed by atoms with Crippen molar-refractivity contribution < 1.29 is 0 Å². The second kappa shape index (κ2) is 5.31. The lowest BCUT2D eigenvalue weighted by molar-refractivity contribution is 0.166. The minimum Gasteiger partial charge on any atom is -0.328 e. The number of nitrogens with zero attached hydrogens (tertiary/aromatic N) is 1. The Balaban J connectivity index is 1.65. The number of hydrogen-bond acceptors (Lipinski definition) is 2. The molecule has 0 aromatic carbocycles. The summed E-state index contributed by atoms with van der Waals surface area (Å²) in [5, 5.41) is 0.